The summed E-state index contributed by atoms with van der Waals surface area (Å²) in [6, 6.07) is 6.31. The van der Waals surface area contributed by atoms with Gasteiger partial charge in [0.15, 0.2) is 0 Å². The number of hydrogen-bond donors (Lipinski definition) is 1. The molecule has 0 bridgehead atoms. The number of rotatable bonds is 4. The van der Waals surface area contributed by atoms with Crippen molar-refractivity contribution in [1.29, 1.82) is 0 Å². The minimum Gasteiger partial charge on any atom is -0.373 e. The molecule has 28 heavy (non-hydrogen) atoms. The van der Waals surface area contributed by atoms with E-state index in [1.165, 1.54) is 0 Å². The Balaban J connectivity index is 1.59. The maximum absolute atomic E-state index is 13.2. The predicted octanol–water partition coefficient (Wildman–Crippen LogP) is 4.15. The highest BCUT2D eigenvalue weighted by molar-refractivity contribution is 5.94. The van der Waals surface area contributed by atoms with Crippen LogP contribution in [0.1, 0.15) is 55.5 Å². The monoisotopic (exact) mass is 398 g/mol. The standard InChI is InChI=1S/C21H29F3N2O2/c1-14-11-26(12-15(2)28-14)13-16-7-9-17(10-8-16)20(27)25-19-6-4-3-5-18(19)21(22,23)24/h7-10,14-15,18-19H,3-6,11-13H2,1-2H3,(H,25,27)/t14-,15+,18-,19-/m1/s1. The molecule has 1 amide bonds. The third kappa shape index (κ3) is 5.47. The molecule has 2 fully saturated rings. The van der Waals surface area contributed by atoms with E-state index in [1.54, 1.807) is 12.1 Å². The molecule has 0 unspecified atom stereocenters. The Morgan fingerprint density at radius 1 is 1.11 bits per heavy atom. The van der Waals surface area contributed by atoms with Crippen molar-refractivity contribution >= 4 is 5.91 Å². The van der Waals surface area contributed by atoms with Crippen molar-refractivity contribution in [2.45, 2.75) is 70.5 Å². The van der Waals surface area contributed by atoms with E-state index in [2.05, 4.69) is 24.1 Å². The number of ether oxygens (including phenoxy) is 1. The van der Waals surface area contributed by atoms with Crippen LogP contribution in [0.5, 0.6) is 0 Å². The van der Waals surface area contributed by atoms with Crippen LogP contribution < -0.4 is 5.32 Å². The number of alkyl halides is 3. The number of hydrogen-bond acceptors (Lipinski definition) is 3. The van der Waals surface area contributed by atoms with Crippen molar-refractivity contribution in [2.24, 2.45) is 5.92 Å². The van der Waals surface area contributed by atoms with Crippen LogP contribution in [-0.2, 0) is 11.3 Å². The number of carbonyl (C=O) groups excluding carboxylic acids is 1. The fraction of sp³-hybridized carbons (Fsp3) is 0.667. The number of carbonyl (C=O) groups is 1. The molecule has 7 heteroatoms. The zero-order valence-electron chi connectivity index (χ0n) is 16.5. The zero-order chi connectivity index (χ0) is 20.3. The van der Waals surface area contributed by atoms with Gasteiger partial charge in [-0.05, 0) is 44.4 Å². The third-order valence-corrected chi connectivity index (χ3v) is 5.62. The predicted molar refractivity (Wildman–Crippen MR) is 101 cm³/mol. The first-order valence-corrected chi connectivity index (χ1v) is 10.1. The van der Waals surface area contributed by atoms with Crippen LogP contribution in [0.4, 0.5) is 13.2 Å². The molecule has 156 valence electrons. The van der Waals surface area contributed by atoms with Crippen molar-refractivity contribution < 1.29 is 22.7 Å². The number of morpholine rings is 1. The fourth-order valence-electron chi connectivity index (χ4n) is 4.38. The number of halogens is 3. The molecule has 1 heterocycles. The number of nitrogens with zero attached hydrogens (tertiary/aromatic N) is 1. The van der Waals surface area contributed by atoms with Gasteiger partial charge < -0.3 is 10.1 Å². The molecule has 1 aliphatic heterocycles. The molecule has 1 aromatic carbocycles. The van der Waals surface area contributed by atoms with Gasteiger partial charge in [-0.1, -0.05) is 25.0 Å². The van der Waals surface area contributed by atoms with Gasteiger partial charge in [-0.3, -0.25) is 9.69 Å². The summed E-state index contributed by atoms with van der Waals surface area (Å²) in [5, 5.41) is 2.62. The lowest BCUT2D eigenvalue weighted by Gasteiger charge is -2.35. The molecule has 4 nitrogen and oxygen atoms in total. The summed E-state index contributed by atoms with van der Waals surface area (Å²) in [4.78, 5) is 14.8. The molecular weight excluding hydrogens is 369 g/mol. The van der Waals surface area contributed by atoms with Gasteiger partial charge in [-0.25, -0.2) is 0 Å². The lowest BCUT2D eigenvalue weighted by atomic mass is 9.84. The van der Waals surface area contributed by atoms with E-state index < -0.39 is 24.0 Å². The second-order valence-electron chi connectivity index (χ2n) is 8.16. The van der Waals surface area contributed by atoms with E-state index in [4.69, 9.17) is 4.74 Å². The number of benzene rings is 1. The smallest absolute Gasteiger partial charge is 0.373 e. The average molecular weight is 398 g/mol. The molecule has 1 aliphatic carbocycles. The van der Waals surface area contributed by atoms with Gasteiger partial charge in [0.05, 0.1) is 18.1 Å². The lowest BCUT2D eigenvalue weighted by molar-refractivity contribution is -0.187. The first-order chi connectivity index (χ1) is 13.2. The first kappa shape index (κ1) is 21.1. The number of amides is 1. The third-order valence-electron chi connectivity index (χ3n) is 5.62. The summed E-state index contributed by atoms with van der Waals surface area (Å²) in [5.41, 5.74) is 1.47. The molecule has 3 rings (SSSR count). The molecular formula is C21H29F3N2O2. The van der Waals surface area contributed by atoms with Gasteiger partial charge >= 0.3 is 6.18 Å². The molecule has 4 atom stereocenters. The van der Waals surface area contributed by atoms with Crippen LogP contribution in [0.2, 0.25) is 0 Å². The molecule has 0 radical (unpaired) electrons. The van der Waals surface area contributed by atoms with Crippen LogP contribution in [0.3, 0.4) is 0 Å². The van der Waals surface area contributed by atoms with E-state index >= 15 is 0 Å². The van der Waals surface area contributed by atoms with E-state index in [-0.39, 0.29) is 18.6 Å². The van der Waals surface area contributed by atoms with Crippen molar-refractivity contribution in [3.63, 3.8) is 0 Å². The highest BCUT2D eigenvalue weighted by Gasteiger charge is 2.46. The molecule has 2 aliphatic rings. The molecule has 0 spiro atoms. The highest BCUT2D eigenvalue weighted by atomic mass is 19.4. The van der Waals surface area contributed by atoms with Gasteiger partial charge in [-0.2, -0.15) is 13.2 Å². The van der Waals surface area contributed by atoms with Gasteiger partial charge in [0.25, 0.3) is 5.91 Å². The molecule has 0 aromatic heterocycles. The highest BCUT2D eigenvalue weighted by Crippen LogP contribution is 2.37. The summed E-state index contributed by atoms with van der Waals surface area (Å²) in [6.07, 6.45) is -2.16. The maximum Gasteiger partial charge on any atom is 0.393 e. The normalized spacial score (nSPS) is 29.5. The molecule has 1 saturated heterocycles. The average Bonchev–Trinajstić information content (AvgIpc) is 2.61. The van der Waals surface area contributed by atoms with Gasteiger partial charge in [0.1, 0.15) is 0 Å². The first-order valence-electron chi connectivity index (χ1n) is 10.1. The summed E-state index contributed by atoms with van der Waals surface area (Å²) in [6.45, 7) is 6.57. The van der Waals surface area contributed by atoms with Crippen LogP contribution in [0.25, 0.3) is 0 Å². The maximum atomic E-state index is 13.2. The fourth-order valence-corrected chi connectivity index (χ4v) is 4.38. The molecule has 1 aromatic rings. The van der Waals surface area contributed by atoms with Gasteiger partial charge in [-0.15, -0.1) is 0 Å². The summed E-state index contributed by atoms with van der Waals surface area (Å²) in [7, 11) is 0. The Bertz CT molecular complexity index is 653. The lowest BCUT2D eigenvalue weighted by Crippen LogP contribution is -2.47. The van der Waals surface area contributed by atoms with Gasteiger partial charge in [0, 0.05) is 31.2 Å². The summed E-state index contributed by atoms with van der Waals surface area (Å²) >= 11 is 0. The topological polar surface area (TPSA) is 41.6 Å². The zero-order valence-corrected chi connectivity index (χ0v) is 16.5. The van der Waals surface area contributed by atoms with E-state index in [1.807, 2.05) is 12.1 Å². The summed E-state index contributed by atoms with van der Waals surface area (Å²) < 4.78 is 45.4. The molecule has 1 saturated carbocycles. The summed E-state index contributed by atoms with van der Waals surface area (Å²) in [5.74, 6) is -1.88. The Hall–Kier alpha value is -1.60. The van der Waals surface area contributed by atoms with Crippen LogP contribution >= 0.6 is 0 Å². The SMILES string of the molecule is C[C@@H]1CN(Cc2ccc(C(=O)N[C@@H]3CCCC[C@H]3C(F)(F)F)cc2)C[C@H](C)O1. The largest absolute Gasteiger partial charge is 0.393 e. The Labute approximate surface area is 164 Å². The Kier molecular flexibility index (Phi) is 6.65. The van der Waals surface area contributed by atoms with E-state index in [0.29, 0.717) is 24.8 Å². The second-order valence-corrected chi connectivity index (χ2v) is 8.16. The van der Waals surface area contributed by atoms with Crippen molar-refractivity contribution in [3.8, 4) is 0 Å². The van der Waals surface area contributed by atoms with Crippen LogP contribution in [0, 0.1) is 5.92 Å². The van der Waals surface area contributed by atoms with Crippen molar-refractivity contribution in [2.75, 3.05) is 13.1 Å². The quantitative estimate of drug-likeness (QED) is 0.829. The van der Waals surface area contributed by atoms with Crippen LogP contribution in [-0.4, -0.2) is 48.3 Å². The van der Waals surface area contributed by atoms with E-state index in [9.17, 15) is 18.0 Å². The molecule has 1 N–H and O–H groups in total. The van der Waals surface area contributed by atoms with Crippen molar-refractivity contribution in [1.82, 2.24) is 10.2 Å². The second kappa shape index (κ2) is 8.82. The Morgan fingerprint density at radius 2 is 1.71 bits per heavy atom. The van der Waals surface area contributed by atoms with Gasteiger partial charge in [0.2, 0.25) is 0 Å². The minimum atomic E-state index is -4.27. The Morgan fingerprint density at radius 3 is 2.32 bits per heavy atom. The van der Waals surface area contributed by atoms with E-state index in [0.717, 1.165) is 25.2 Å². The van der Waals surface area contributed by atoms with Crippen molar-refractivity contribution in [3.05, 3.63) is 35.4 Å². The minimum absolute atomic E-state index is 0.0871. The number of nitrogens with one attached hydrogen (secondary N) is 1. The van der Waals surface area contributed by atoms with Crippen LogP contribution in [0.15, 0.2) is 24.3 Å².